The van der Waals surface area contributed by atoms with Crippen molar-refractivity contribution in [1.82, 2.24) is 19.7 Å². The van der Waals surface area contributed by atoms with Crippen molar-refractivity contribution >= 4 is 23.5 Å². The van der Waals surface area contributed by atoms with Crippen LogP contribution in [0.3, 0.4) is 0 Å². The van der Waals surface area contributed by atoms with Gasteiger partial charge in [-0.05, 0) is 29.8 Å². The van der Waals surface area contributed by atoms with Crippen molar-refractivity contribution in [2.24, 2.45) is 0 Å². The molecule has 0 saturated carbocycles. The number of nitrogens with one attached hydrogen (secondary N) is 2. The van der Waals surface area contributed by atoms with Crippen molar-refractivity contribution in [2.45, 2.75) is 25.5 Å². The molecule has 2 heterocycles. The predicted octanol–water partition coefficient (Wildman–Crippen LogP) is 3.22. The quantitative estimate of drug-likeness (QED) is 0.635. The van der Waals surface area contributed by atoms with Crippen LogP contribution in [0, 0.1) is 0 Å². The van der Waals surface area contributed by atoms with E-state index in [2.05, 4.69) is 25.1 Å². The van der Waals surface area contributed by atoms with Crippen LogP contribution >= 0.6 is 11.6 Å². The number of rotatable bonds is 8. The second-order valence-electron chi connectivity index (χ2n) is 5.92. The zero-order chi connectivity index (χ0) is 18.4. The molecule has 7 nitrogen and oxygen atoms in total. The first-order chi connectivity index (χ1) is 12.6. The van der Waals surface area contributed by atoms with E-state index in [1.165, 1.54) is 0 Å². The fourth-order valence-electron chi connectivity index (χ4n) is 2.72. The molecule has 26 heavy (non-hydrogen) atoms. The topological polar surface area (TPSA) is 84.8 Å². The van der Waals surface area contributed by atoms with Gasteiger partial charge < -0.3 is 9.30 Å². The first kappa shape index (κ1) is 18.2. The zero-order valence-electron chi connectivity index (χ0n) is 14.4. The highest BCUT2D eigenvalue weighted by atomic mass is 35.5. The summed E-state index contributed by atoms with van der Waals surface area (Å²) in [6.45, 7) is 0.995. The second kappa shape index (κ2) is 8.64. The van der Waals surface area contributed by atoms with E-state index in [-0.39, 0.29) is 17.8 Å². The summed E-state index contributed by atoms with van der Waals surface area (Å²) in [5, 5.41) is 10.1. The Labute approximate surface area is 156 Å². The summed E-state index contributed by atoms with van der Waals surface area (Å²) in [5.74, 6) is 0.652. The molecule has 0 spiro atoms. The molecule has 136 valence electrons. The molecule has 1 aromatic carbocycles. The lowest BCUT2D eigenvalue weighted by Gasteiger charge is -2.18. The molecule has 0 aliphatic carbocycles. The van der Waals surface area contributed by atoms with Gasteiger partial charge in [-0.25, -0.2) is 0 Å². The van der Waals surface area contributed by atoms with Gasteiger partial charge in [0, 0.05) is 43.4 Å². The van der Waals surface area contributed by atoms with Crippen LogP contribution in [0.2, 0.25) is 5.02 Å². The Hall–Kier alpha value is -2.64. The Morgan fingerprint density at radius 1 is 1.31 bits per heavy atom. The monoisotopic (exact) mass is 373 g/mol. The number of aromatic nitrogens is 4. The SMILES string of the molecule is COCc1nc(NC(=O)C[C@H](Cn2cccc2)c2ccc(Cl)cc2)n[nH]1. The van der Waals surface area contributed by atoms with E-state index in [0.717, 1.165) is 5.56 Å². The van der Waals surface area contributed by atoms with E-state index in [9.17, 15) is 4.79 Å². The Kier molecular flexibility index (Phi) is 6.04. The number of nitrogens with zero attached hydrogens (tertiary/aromatic N) is 3. The number of methoxy groups -OCH3 is 1. The molecule has 8 heteroatoms. The number of carbonyl (C=O) groups excluding carboxylic acids is 1. The number of hydrogen-bond donors (Lipinski definition) is 2. The summed E-state index contributed by atoms with van der Waals surface area (Å²) >= 11 is 5.99. The predicted molar refractivity (Wildman–Crippen MR) is 99.0 cm³/mol. The molecule has 0 fully saturated rings. The number of benzene rings is 1. The first-order valence-corrected chi connectivity index (χ1v) is 8.58. The molecule has 3 rings (SSSR count). The van der Waals surface area contributed by atoms with Crippen molar-refractivity contribution in [3.8, 4) is 0 Å². The summed E-state index contributed by atoms with van der Waals surface area (Å²) in [5.41, 5.74) is 1.05. The number of amides is 1. The molecule has 1 atom stereocenters. The molecular formula is C18H20ClN5O2. The van der Waals surface area contributed by atoms with Crippen molar-refractivity contribution in [1.29, 1.82) is 0 Å². The molecular weight excluding hydrogens is 354 g/mol. The standard InChI is InChI=1S/C18H20ClN5O2/c1-26-12-16-20-18(23-22-16)21-17(25)10-14(11-24-8-2-3-9-24)13-4-6-15(19)7-5-13/h2-9,14H,10-12H2,1H3,(H2,20,21,22,23,25)/t14-/m1/s1. The molecule has 0 radical (unpaired) electrons. The van der Waals surface area contributed by atoms with Gasteiger partial charge in [0.25, 0.3) is 0 Å². The molecule has 0 unspecified atom stereocenters. The Balaban J connectivity index is 1.69. The molecule has 1 amide bonds. The van der Waals surface area contributed by atoms with Crippen LogP contribution in [-0.4, -0.2) is 32.8 Å². The van der Waals surface area contributed by atoms with Gasteiger partial charge in [0.1, 0.15) is 6.61 Å². The number of carbonyl (C=O) groups is 1. The number of anilines is 1. The fraction of sp³-hybridized carbons (Fsp3) is 0.278. The Morgan fingerprint density at radius 3 is 2.73 bits per heavy atom. The highest BCUT2D eigenvalue weighted by Crippen LogP contribution is 2.24. The molecule has 0 aliphatic rings. The van der Waals surface area contributed by atoms with Crippen LogP contribution < -0.4 is 5.32 Å². The molecule has 2 aromatic heterocycles. The van der Waals surface area contributed by atoms with Crippen LogP contribution in [0.1, 0.15) is 23.7 Å². The van der Waals surface area contributed by atoms with E-state index in [4.69, 9.17) is 16.3 Å². The highest BCUT2D eigenvalue weighted by molar-refractivity contribution is 6.30. The number of aromatic amines is 1. The van der Waals surface area contributed by atoms with Gasteiger partial charge in [-0.3, -0.25) is 15.2 Å². The number of H-pyrrole nitrogens is 1. The summed E-state index contributed by atoms with van der Waals surface area (Å²) in [4.78, 5) is 16.6. The third-order valence-electron chi connectivity index (χ3n) is 3.93. The average Bonchev–Trinajstić information content (AvgIpc) is 3.27. The smallest absolute Gasteiger partial charge is 0.248 e. The average molecular weight is 374 g/mol. The first-order valence-electron chi connectivity index (χ1n) is 8.20. The second-order valence-corrected chi connectivity index (χ2v) is 6.36. The van der Waals surface area contributed by atoms with E-state index in [0.29, 0.717) is 30.4 Å². The van der Waals surface area contributed by atoms with Gasteiger partial charge in [-0.1, -0.05) is 23.7 Å². The Bertz CT molecular complexity index is 830. The van der Waals surface area contributed by atoms with Crippen LogP contribution in [0.25, 0.3) is 0 Å². The Morgan fingerprint density at radius 2 is 2.04 bits per heavy atom. The van der Waals surface area contributed by atoms with Gasteiger partial charge in [0.05, 0.1) is 0 Å². The summed E-state index contributed by atoms with van der Waals surface area (Å²) in [6.07, 6.45) is 4.26. The summed E-state index contributed by atoms with van der Waals surface area (Å²) in [6, 6.07) is 11.5. The molecule has 3 aromatic rings. The summed E-state index contributed by atoms with van der Waals surface area (Å²) in [7, 11) is 1.57. The van der Waals surface area contributed by atoms with Gasteiger partial charge in [0.2, 0.25) is 11.9 Å². The summed E-state index contributed by atoms with van der Waals surface area (Å²) < 4.78 is 7.03. The van der Waals surface area contributed by atoms with Crippen molar-refractivity contribution < 1.29 is 9.53 Å². The third kappa shape index (κ3) is 4.93. The van der Waals surface area contributed by atoms with E-state index in [1.54, 1.807) is 7.11 Å². The fourth-order valence-corrected chi connectivity index (χ4v) is 2.85. The maximum absolute atomic E-state index is 12.5. The van der Waals surface area contributed by atoms with Gasteiger partial charge in [-0.15, -0.1) is 5.10 Å². The highest BCUT2D eigenvalue weighted by Gasteiger charge is 2.18. The van der Waals surface area contributed by atoms with E-state index < -0.39 is 0 Å². The minimum absolute atomic E-state index is 0.00273. The van der Waals surface area contributed by atoms with E-state index in [1.807, 2.05) is 48.8 Å². The zero-order valence-corrected chi connectivity index (χ0v) is 15.1. The van der Waals surface area contributed by atoms with Crippen molar-refractivity contribution in [3.05, 3.63) is 65.2 Å². The minimum atomic E-state index is -0.153. The molecule has 2 N–H and O–H groups in total. The number of hydrogen-bond acceptors (Lipinski definition) is 4. The normalized spacial score (nSPS) is 12.1. The van der Waals surface area contributed by atoms with Crippen molar-refractivity contribution in [2.75, 3.05) is 12.4 Å². The third-order valence-corrected chi connectivity index (χ3v) is 4.19. The number of ether oxygens (including phenoxy) is 1. The molecule has 0 bridgehead atoms. The molecule has 0 saturated heterocycles. The lowest BCUT2D eigenvalue weighted by atomic mass is 9.95. The van der Waals surface area contributed by atoms with Crippen LogP contribution in [0.5, 0.6) is 0 Å². The van der Waals surface area contributed by atoms with Crippen LogP contribution in [-0.2, 0) is 22.7 Å². The van der Waals surface area contributed by atoms with E-state index >= 15 is 0 Å². The maximum atomic E-state index is 12.5. The lowest BCUT2D eigenvalue weighted by Crippen LogP contribution is -2.19. The number of halogens is 1. The van der Waals surface area contributed by atoms with Gasteiger partial charge >= 0.3 is 0 Å². The van der Waals surface area contributed by atoms with Gasteiger partial charge in [-0.2, -0.15) is 4.98 Å². The van der Waals surface area contributed by atoms with Crippen molar-refractivity contribution in [3.63, 3.8) is 0 Å². The largest absolute Gasteiger partial charge is 0.377 e. The van der Waals surface area contributed by atoms with Gasteiger partial charge in [0.15, 0.2) is 5.82 Å². The molecule has 0 aliphatic heterocycles. The van der Waals surface area contributed by atoms with Crippen LogP contribution in [0.15, 0.2) is 48.8 Å². The minimum Gasteiger partial charge on any atom is -0.377 e. The maximum Gasteiger partial charge on any atom is 0.248 e. The lowest BCUT2D eigenvalue weighted by molar-refractivity contribution is -0.116. The van der Waals surface area contributed by atoms with Crippen LogP contribution in [0.4, 0.5) is 5.95 Å².